The molecule has 0 aliphatic heterocycles. The first-order valence-corrected chi connectivity index (χ1v) is 3.91. The number of imidazole rings is 1. The van der Waals surface area contributed by atoms with Crippen molar-refractivity contribution in [2.75, 3.05) is 0 Å². The molecule has 0 saturated heterocycles. The highest BCUT2D eigenvalue weighted by Gasteiger charge is 2.12. The number of hydrogen-bond donors (Lipinski definition) is 2. The zero-order chi connectivity index (χ0) is 10.3. The van der Waals surface area contributed by atoms with Gasteiger partial charge in [-0.05, 0) is 19.1 Å². The highest BCUT2D eigenvalue weighted by molar-refractivity contribution is 5.83. The van der Waals surface area contributed by atoms with Crippen LogP contribution in [0.1, 0.15) is 5.69 Å². The van der Waals surface area contributed by atoms with Crippen LogP contribution in [0.5, 0.6) is 0 Å². The fraction of sp³-hybridized carbons (Fsp3) is 0.125. The molecule has 0 aromatic carbocycles. The minimum atomic E-state index is -1.31. The van der Waals surface area contributed by atoms with Gasteiger partial charge in [-0.25, -0.2) is 14.6 Å². The maximum Gasteiger partial charge on any atom is 0.420 e. The summed E-state index contributed by atoms with van der Waals surface area (Å²) < 4.78 is 0.627. The summed E-state index contributed by atoms with van der Waals surface area (Å²) >= 11 is 0. The number of fused-ring (bicyclic) bond motifs is 1. The van der Waals surface area contributed by atoms with Gasteiger partial charge in [-0.1, -0.05) is 0 Å². The van der Waals surface area contributed by atoms with Crippen LogP contribution in [-0.2, 0) is 0 Å². The van der Waals surface area contributed by atoms with Gasteiger partial charge in [0.1, 0.15) is 0 Å². The quantitative estimate of drug-likeness (QED) is 0.639. The molecule has 2 rings (SSSR count). The lowest BCUT2D eigenvalue weighted by Crippen LogP contribution is -2.22. The van der Waals surface area contributed by atoms with Crippen molar-refractivity contribution in [3.8, 4) is 0 Å². The maximum atomic E-state index is 11.2. The number of aromatic nitrogens is 3. The average molecular weight is 193 g/mol. The van der Waals surface area contributed by atoms with E-state index in [-0.39, 0.29) is 11.2 Å². The third kappa shape index (κ3) is 1.08. The molecule has 0 aliphatic carbocycles. The first kappa shape index (κ1) is 8.49. The summed E-state index contributed by atoms with van der Waals surface area (Å²) in [6, 6.07) is 3.19. The van der Waals surface area contributed by atoms with Crippen molar-refractivity contribution in [3.63, 3.8) is 0 Å². The zero-order valence-corrected chi connectivity index (χ0v) is 7.31. The lowest BCUT2D eigenvalue weighted by molar-refractivity contribution is 0.196. The number of rotatable bonds is 0. The van der Waals surface area contributed by atoms with Gasteiger partial charge in [0.2, 0.25) is 0 Å². The fourth-order valence-electron chi connectivity index (χ4n) is 1.28. The van der Waals surface area contributed by atoms with Gasteiger partial charge >= 0.3 is 11.8 Å². The third-order valence-corrected chi connectivity index (χ3v) is 1.87. The van der Waals surface area contributed by atoms with Gasteiger partial charge in [-0.3, -0.25) is 4.98 Å². The molecule has 0 saturated carbocycles. The number of carbonyl (C=O) groups is 1. The molecule has 2 aromatic heterocycles. The number of hydrogen-bond acceptors (Lipinski definition) is 3. The molecule has 6 heteroatoms. The van der Waals surface area contributed by atoms with Crippen LogP contribution >= 0.6 is 0 Å². The molecule has 0 amide bonds. The standard InChI is InChI=1S/C8H7N3O3/c1-4-2-3-5-6(9-4)10-7(12)11(5)8(13)14/h2-3H,1H3,(H,13,14)(H,9,10,12). The number of H-pyrrole nitrogens is 1. The molecule has 0 spiro atoms. The molecule has 14 heavy (non-hydrogen) atoms. The van der Waals surface area contributed by atoms with E-state index in [9.17, 15) is 9.59 Å². The summed E-state index contributed by atoms with van der Waals surface area (Å²) in [5.74, 6) is 0. The van der Waals surface area contributed by atoms with Crippen molar-refractivity contribution in [2.24, 2.45) is 0 Å². The van der Waals surface area contributed by atoms with Crippen LogP contribution in [0.4, 0.5) is 4.79 Å². The average Bonchev–Trinajstić information content (AvgIpc) is 2.39. The van der Waals surface area contributed by atoms with Crippen LogP contribution in [0.15, 0.2) is 16.9 Å². The minimum Gasteiger partial charge on any atom is -0.464 e. The summed E-state index contributed by atoms with van der Waals surface area (Å²) in [6.07, 6.45) is -1.31. The van der Waals surface area contributed by atoms with Crippen molar-refractivity contribution >= 4 is 17.3 Å². The molecule has 0 fully saturated rings. The van der Waals surface area contributed by atoms with Crippen molar-refractivity contribution in [2.45, 2.75) is 6.92 Å². The number of carboxylic acid groups (broad SMARTS) is 1. The normalized spacial score (nSPS) is 10.6. The summed E-state index contributed by atoms with van der Waals surface area (Å²) in [5, 5.41) is 8.74. The zero-order valence-electron chi connectivity index (χ0n) is 7.31. The number of nitrogens with zero attached hydrogens (tertiary/aromatic N) is 2. The smallest absolute Gasteiger partial charge is 0.420 e. The van der Waals surface area contributed by atoms with E-state index in [1.807, 2.05) is 0 Å². The highest BCUT2D eigenvalue weighted by Crippen LogP contribution is 2.07. The van der Waals surface area contributed by atoms with Crippen LogP contribution in [0, 0.1) is 6.92 Å². The molecule has 2 aromatic rings. The molecule has 0 radical (unpaired) electrons. The van der Waals surface area contributed by atoms with Gasteiger partial charge in [0.25, 0.3) is 0 Å². The van der Waals surface area contributed by atoms with E-state index in [1.165, 1.54) is 0 Å². The third-order valence-electron chi connectivity index (χ3n) is 1.87. The molecule has 0 unspecified atom stereocenters. The van der Waals surface area contributed by atoms with E-state index in [4.69, 9.17) is 5.11 Å². The van der Waals surface area contributed by atoms with Crippen molar-refractivity contribution in [1.29, 1.82) is 0 Å². The first-order chi connectivity index (χ1) is 6.59. The SMILES string of the molecule is Cc1ccc2c(n1)[nH]c(=O)n2C(=O)O. The van der Waals surface area contributed by atoms with Crippen LogP contribution in [0.25, 0.3) is 11.2 Å². The van der Waals surface area contributed by atoms with Gasteiger partial charge < -0.3 is 5.11 Å². The molecule has 0 atom stereocenters. The lowest BCUT2D eigenvalue weighted by Gasteiger charge is -1.94. The molecule has 0 bridgehead atoms. The Kier molecular flexibility index (Phi) is 1.63. The van der Waals surface area contributed by atoms with E-state index in [1.54, 1.807) is 19.1 Å². The number of pyridine rings is 1. The Morgan fingerprint density at radius 1 is 1.57 bits per heavy atom. The summed E-state index contributed by atoms with van der Waals surface area (Å²) in [7, 11) is 0. The molecule has 0 aliphatic rings. The Morgan fingerprint density at radius 3 is 2.93 bits per heavy atom. The number of aromatic amines is 1. The second kappa shape index (κ2) is 2.69. The highest BCUT2D eigenvalue weighted by atomic mass is 16.4. The Bertz CT molecular complexity index is 567. The monoisotopic (exact) mass is 193 g/mol. The van der Waals surface area contributed by atoms with Gasteiger partial charge in [0, 0.05) is 5.69 Å². The van der Waals surface area contributed by atoms with Gasteiger partial charge in [-0.15, -0.1) is 0 Å². The molecule has 72 valence electrons. The fourth-order valence-corrected chi connectivity index (χ4v) is 1.28. The predicted octanol–water partition coefficient (Wildman–Crippen LogP) is 0.559. The summed E-state index contributed by atoms with van der Waals surface area (Å²) in [6.45, 7) is 1.76. The maximum absolute atomic E-state index is 11.2. The Balaban J connectivity index is 2.91. The van der Waals surface area contributed by atoms with E-state index in [0.717, 1.165) is 5.69 Å². The van der Waals surface area contributed by atoms with E-state index in [2.05, 4.69) is 9.97 Å². The van der Waals surface area contributed by atoms with Crippen LogP contribution in [0.3, 0.4) is 0 Å². The van der Waals surface area contributed by atoms with Crippen molar-refractivity contribution in [1.82, 2.24) is 14.5 Å². The Hall–Kier alpha value is -2.11. The van der Waals surface area contributed by atoms with E-state index in [0.29, 0.717) is 4.57 Å². The number of aryl methyl sites for hydroxylation is 1. The molecule has 2 heterocycles. The topological polar surface area (TPSA) is 88.0 Å². The van der Waals surface area contributed by atoms with Gasteiger partial charge in [0.05, 0.1) is 5.52 Å². The molecule has 6 nitrogen and oxygen atoms in total. The van der Waals surface area contributed by atoms with Crippen LogP contribution in [-0.4, -0.2) is 25.7 Å². The van der Waals surface area contributed by atoms with Crippen molar-refractivity contribution in [3.05, 3.63) is 28.3 Å². The first-order valence-electron chi connectivity index (χ1n) is 3.91. The number of nitrogens with one attached hydrogen (secondary N) is 1. The van der Waals surface area contributed by atoms with Gasteiger partial charge in [0.15, 0.2) is 5.65 Å². The van der Waals surface area contributed by atoms with Crippen LogP contribution < -0.4 is 5.69 Å². The van der Waals surface area contributed by atoms with Gasteiger partial charge in [-0.2, -0.15) is 4.57 Å². The molecular weight excluding hydrogens is 186 g/mol. The van der Waals surface area contributed by atoms with Crippen LogP contribution in [0.2, 0.25) is 0 Å². The Morgan fingerprint density at radius 2 is 2.29 bits per heavy atom. The summed E-state index contributed by atoms with van der Waals surface area (Å²) in [5.41, 5.74) is 0.590. The molecule has 2 N–H and O–H groups in total. The Labute approximate surface area is 77.8 Å². The minimum absolute atomic E-state index is 0.271. The lowest BCUT2D eigenvalue weighted by atomic mass is 10.3. The second-order valence-corrected chi connectivity index (χ2v) is 2.87. The largest absolute Gasteiger partial charge is 0.464 e. The van der Waals surface area contributed by atoms with Crippen molar-refractivity contribution < 1.29 is 9.90 Å². The summed E-state index contributed by atoms with van der Waals surface area (Å²) in [4.78, 5) is 28.2. The van der Waals surface area contributed by atoms with E-state index < -0.39 is 11.8 Å². The predicted molar refractivity (Wildman–Crippen MR) is 48.5 cm³/mol. The second-order valence-electron chi connectivity index (χ2n) is 2.87. The van der Waals surface area contributed by atoms with E-state index >= 15 is 0 Å². The molecular formula is C8H7N3O3.